The molecular weight excluding hydrogens is 293 g/mol. The van der Waals surface area contributed by atoms with Gasteiger partial charge in [0.25, 0.3) is 11.6 Å². The summed E-state index contributed by atoms with van der Waals surface area (Å²) in [4.78, 5) is 21.6. The second kappa shape index (κ2) is 6.39. The van der Waals surface area contributed by atoms with Crippen LogP contribution in [0.4, 0.5) is 10.1 Å². The molecule has 0 saturated heterocycles. The number of nitrogens with one attached hydrogen (secondary N) is 1. The summed E-state index contributed by atoms with van der Waals surface area (Å²) in [5.41, 5.74) is -0.957. The number of nitro groups is 1. The number of nitrogens with zero attached hydrogens (tertiary/aromatic N) is 1. The number of nitrogens with two attached hydrogens (primary N) is 1. The van der Waals surface area contributed by atoms with Crippen molar-refractivity contribution in [2.24, 2.45) is 5.14 Å². The van der Waals surface area contributed by atoms with Crippen LogP contribution in [-0.4, -0.2) is 31.5 Å². The summed E-state index contributed by atoms with van der Waals surface area (Å²) in [6, 6.07) is 2.50. The second-order valence-corrected chi connectivity index (χ2v) is 5.63. The Labute approximate surface area is 114 Å². The zero-order valence-electron chi connectivity index (χ0n) is 10.2. The maximum absolute atomic E-state index is 13.0. The molecule has 20 heavy (non-hydrogen) atoms. The summed E-state index contributed by atoms with van der Waals surface area (Å²) in [7, 11) is -3.63. The molecule has 0 atom stereocenters. The highest BCUT2D eigenvalue weighted by Crippen LogP contribution is 2.19. The van der Waals surface area contributed by atoms with Crippen LogP contribution >= 0.6 is 0 Å². The quantitative estimate of drug-likeness (QED) is 0.438. The standard InChI is InChI=1S/C10H12FN3O5S/c11-7-2-3-9(14(16)17)8(6-7)10(15)13-4-1-5-20(12,18)19/h2-3,6H,1,4-5H2,(H,13,15)(H2,12,18,19). The average Bonchev–Trinajstić information content (AvgIpc) is 2.32. The summed E-state index contributed by atoms with van der Waals surface area (Å²) in [5, 5.41) is 17.7. The van der Waals surface area contributed by atoms with Gasteiger partial charge in [0.1, 0.15) is 11.4 Å². The van der Waals surface area contributed by atoms with Crippen LogP contribution in [0.5, 0.6) is 0 Å². The molecule has 3 N–H and O–H groups in total. The minimum atomic E-state index is -3.63. The smallest absolute Gasteiger partial charge is 0.282 e. The van der Waals surface area contributed by atoms with E-state index >= 15 is 0 Å². The van der Waals surface area contributed by atoms with Gasteiger partial charge in [-0.3, -0.25) is 14.9 Å². The zero-order valence-corrected chi connectivity index (χ0v) is 11.0. The predicted molar refractivity (Wildman–Crippen MR) is 68.0 cm³/mol. The number of nitro benzene ring substituents is 1. The topological polar surface area (TPSA) is 132 Å². The fourth-order valence-electron chi connectivity index (χ4n) is 1.42. The number of halogens is 1. The molecule has 0 radical (unpaired) electrons. The number of hydrogen-bond acceptors (Lipinski definition) is 5. The van der Waals surface area contributed by atoms with Gasteiger partial charge in [-0.1, -0.05) is 0 Å². The average molecular weight is 305 g/mol. The normalized spacial score (nSPS) is 11.1. The molecule has 0 aliphatic carbocycles. The summed E-state index contributed by atoms with van der Waals surface area (Å²) in [6.07, 6.45) is 0.0493. The lowest BCUT2D eigenvalue weighted by molar-refractivity contribution is -0.385. The van der Waals surface area contributed by atoms with Gasteiger partial charge in [0, 0.05) is 12.6 Å². The van der Waals surface area contributed by atoms with E-state index in [-0.39, 0.29) is 18.7 Å². The first-order valence-electron chi connectivity index (χ1n) is 5.43. The zero-order chi connectivity index (χ0) is 15.3. The Morgan fingerprint density at radius 1 is 1.45 bits per heavy atom. The molecule has 0 unspecified atom stereocenters. The molecule has 0 aliphatic heterocycles. The van der Waals surface area contributed by atoms with Crippen molar-refractivity contribution in [3.05, 3.63) is 39.7 Å². The monoisotopic (exact) mass is 305 g/mol. The number of amides is 1. The summed E-state index contributed by atoms with van der Waals surface area (Å²) in [6.45, 7) is -0.0526. The number of hydrogen-bond donors (Lipinski definition) is 2. The molecule has 0 saturated carbocycles. The van der Waals surface area contributed by atoms with Gasteiger partial charge in [-0.15, -0.1) is 0 Å². The van der Waals surface area contributed by atoms with Crippen LogP contribution in [0.1, 0.15) is 16.8 Å². The van der Waals surface area contributed by atoms with E-state index in [1.807, 2.05) is 0 Å². The van der Waals surface area contributed by atoms with Crippen molar-refractivity contribution in [3.63, 3.8) is 0 Å². The lowest BCUT2D eigenvalue weighted by atomic mass is 10.1. The van der Waals surface area contributed by atoms with E-state index in [2.05, 4.69) is 5.32 Å². The van der Waals surface area contributed by atoms with Crippen molar-refractivity contribution in [3.8, 4) is 0 Å². The number of benzene rings is 1. The summed E-state index contributed by atoms with van der Waals surface area (Å²) < 4.78 is 34.3. The van der Waals surface area contributed by atoms with Crippen LogP contribution in [0, 0.1) is 15.9 Å². The first-order valence-corrected chi connectivity index (χ1v) is 7.15. The first kappa shape index (κ1) is 16.0. The maximum Gasteiger partial charge on any atom is 0.282 e. The molecule has 1 aromatic rings. The number of sulfonamides is 1. The molecule has 10 heteroatoms. The molecule has 0 fully saturated rings. The SMILES string of the molecule is NS(=O)(=O)CCCNC(=O)c1cc(F)ccc1[N+](=O)[O-]. The van der Waals surface area contributed by atoms with Gasteiger partial charge in [0.15, 0.2) is 0 Å². The summed E-state index contributed by atoms with van der Waals surface area (Å²) in [5.74, 6) is -1.98. The Kier molecular flexibility index (Phi) is 5.11. The molecule has 1 aromatic carbocycles. The van der Waals surface area contributed by atoms with Crippen LogP contribution in [-0.2, 0) is 10.0 Å². The molecule has 0 aromatic heterocycles. The number of carbonyl (C=O) groups is 1. The fourth-order valence-corrected chi connectivity index (χ4v) is 1.97. The third-order valence-electron chi connectivity index (χ3n) is 2.29. The number of carbonyl (C=O) groups excluding carboxylic acids is 1. The Bertz CT molecular complexity index is 632. The Balaban J connectivity index is 2.72. The van der Waals surface area contributed by atoms with Crippen molar-refractivity contribution < 1.29 is 22.5 Å². The second-order valence-electron chi connectivity index (χ2n) is 3.90. The van der Waals surface area contributed by atoms with E-state index in [1.54, 1.807) is 0 Å². The van der Waals surface area contributed by atoms with Crippen LogP contribution in [0.15, 0.2) is 18.2 Å². The number of primary sulfonamides is 1. The van der Waals surface area contributed by atoms with Gasteiger partial charge >= 0.3 is 0 Å². The van der Waals surface area contributed by atoms with E-state index in [9.17, 15) is 27.7 Å². The third kappa shape index (κ3) is 4.90. The third-order valence-corrected chi connectivity index (χ3v) is 3.15. The Hall–Kier alpha value is -2.07. The predicted octanol–water partition coefficient (Wildman–Crippen LogP) is 0.142. The Morgan fingerprint density at radius 2 is 2.10 bits per heavy atom. The molecule has 0 aliphatic rings. The van der Waals surface area contributed by atoms with Gasteiger partial charge in [0.05, 0.1) is 10.7 Å². The lowest BCUT2D eigenvalue weighted by Crippen LogP contribution is -2.28. The highest BCUT2D eigenvalue weighted by atomic mass is 32.2. The van der Waals surface area contributed by atoms with Gasteiger partial charge < -0.3 is 5.32 Å². The van der Waals surface area contributed by atoms with Crippen molar-refractivity contribution in [1.29, 1.82) is 0 Å². The molecular formula is C10H12FN3O5S. The molecule has 0 spiro atoms. The highest BCUT2D eigenvalue weighted by molar-refractivity contribution is 7.89. The van der Waals surface area contributed by atoms with Crippen molar-refractivity contribution in [2.45, 2.75) is 6.42 Å². The number of rotatable bonds is 6. The van der Waals surface area contributed by atoms with E-state index in [0.29, 0.717) is 0 Å². The summed E-state index contributed by atoms with van der Waals surface area (Å²) >= 11 is 0. The van der Waals surface area contributed by atoms with E-state index < -0.39 is 37.9 Å². The highest BCUT2D eigenvalue weighted by Gasteiger charge is 2.20. The molecule has 0 bridgehead atoms. The molecule has 1 amide bonds. The minimum Gasteiger partial charge on any atom is -0.352 e. The van der Waals surface area contributed by atoms with Gasteiger partial charge in [-0.05, 0) is 18.6 Å². The molecule has 1 rings (SSSR count). The van der Waals surface area contributed by atoms with Gasteiger partial charge in [-0.25, -0.2) is 17.9 Å². The van der Waals surface area contributed by atoms with Gasteiger partial charge in [-0.2, -0.15) is 0 Å². The minimum absolute atomic E-state index is 0.0493. The van der Waals surface area contributed by atoms with Crippen molar-refractivity contribution in [2.75, 3.05) is 12.3 Å². The molecule has 8 nitrogen and oxygen atoms in total. The van der Waals surface area contributed by atoms with Crippen LogP contribution < -0.4 is 10.5 Å². The Morgan fingerprint density at radius 3 is 2.65 bits per heavy atom. The largest absolute Gasteiger partial charge is 0.352 e. The lowest BCUT2D eigenvalue weighted by Gasteiger charge is -2.05. The van der Waals surface area contributed by atoms with E-state index in [1.165, 1.54) is 0 Å². The van der Waals surface area contributed by atoms with Crippen molar-refractivity contribution >= 4 is 21.6 Å². The molecule has 110 valence electrons. The van der Waals surface area contributed by atoms with Crippen LogP contribution in [0.2, 0.25) is 0 Å². The van der Waals surface area contributed by atoms with Gasteiger partial charge in [0.2, 0.25) is 10.0 Å². The van der Waals surface area contributed by atoms with Crippen molar-refractivity contribution in [1.82, 2.24) is 5.32 Å². The van der Waals surface area contributed by atoms with E-state index in [0.717, 1.165) is 18.2 Å². The first-order chi connectivity index (χ1) is 9.20. The fraction of sp³-hybridized carbons (Fsp3) is 0.300. The maximum atomic E-state index is 13.0. The van der Waals surface area contributed by atoms with E-state index in [4.69, 9.17) is 5.14 Å². The van der Waals surface area contributed by atoms with Crippen LogP contribution in [0.25, 0.3) is 0 Å². The van der Waals surface area contributed by atoms with Crippen LogP contribution in [0.3, 0.4) is 0 Å². The molecule has 0 heterocycles.